The lowest BCUT2D eigenvalue weighted by atomic mass is 10.0. The summed E-state index contributed by atoms with van der Waals surface area (Å²) in [6, 6.07) is 15.8. The number of ether oxygens (including phenoxy) is 1. The van der Waals surface area contributed by atoms with E-state index in [0.717, 1.165) is 23.5 Å². The molecule has 3 N–H and O–H groups in total. The van der Waals surface area contributed by atoms with Crippen molar-refractivity contribution in [2.45, 2.75) is 31.3 Å². The summed E-state index contributed by atoms with van der Waals surface area (Å²) >= 11 is 1.33. The number of thiophene rings is 1. The number of benzene rings is 2. The van der Waals surface area contributed by atoms with Gasteiger partial charge >= 0.3 is 0 Å². The fraction of sp³-hybridized carbons (Fsp3) is 0.321. The Labute approximate surface area is 242 Å². The maximum Gasteiger partial charge on any atom is 0.272 e. The number of carbonyl (C=O) groups is 3. The third-order valence-corrected chi connectivity index (χ3v) is 9.96. The molecule has 3 aromatic rings. The van der Waals surface area contributed by atoms with Gasteiger partial charge in [-0.2, -0.15) is 4.31 Å². The lowest BCUT2D eigenvalue weighted by Crippen LogP contribution is -2.41. The maximum absolute atomic E-state index is 13.2. The second-order valence-electron chi connectivity index (χ2n) is 9.78. The first kappa shape index (κ1) is 28.9. The summed E-state index contributed by atoms with van der Waals surface area (Å²) in [5, 5.41) is 3.22. The molecule has 0 atom stereocenters. The topological polar surface area (TPSA) is 137 Å². The minimum atomic E-state index is -3.69. The zero-order valence-electron chi connectivity index (χ0n) is 22.5. The van der Waals surface area contributed by atoms with Crippen LogP contribution in [0.25, 0.3) is 0 Å². The van der Waals surface area contributed by atoms with Crippen molar-refractivity contribution in [1.29, 1.82) is 0 Å². The fourth-order valence-electron chi connectivity index (χ4n) is 4.86. The van der Waals surface area contributed by atoms with Crippen molar-refractivity contribution in [3.63, 3.8) is 0 Å². The quantitative estimate of drug-likeness (QED) is 0.356. The summed E-state index contributed by atoms with van der Waals surface area (Å²) in [6.07, 6.45) is 0.603. The van der Waals surface area contributed by atoms with E-state index >= 15 is 0 Å². The van der Waals surface area contributed by atoms with Crippen LogP contribution in [0.15, 0.2) is 59.5 Å². The molecule has 0 aliphatic carbocycles. The van der Waals surface area contributed by atoms with Crippen molar-refractivity contribution in [3.8, 4) is 0 Å². The Bertz CT molecular complexity index is 1530. The highest BCUT2D eigenvalue weighted by molar-refractivity contribution is 7.89. The van der Waals surface area contributed by atoms with Crippen LogP contribution in [0.4, 0.5) is 5.00 Å². The minimum absolute atomic E-state index is 0.0939. The van der Waals surface area contributed by atoms with Crippen molar-refractivity contribution < 1.29 is 27.5 Å². The molecule has 1 fully saturated rings. The number of amides is 3. The monoisotopic (exact) mass is 597 g/mol. The van der Waals surface area contributed by atoms with Gasteiger partial charge in [0.25, 0.3) is 11.8 Å². The minimum Gasteiger partial charge on any atom is -0.379 e. The molecule has 0 bridgehead atoms. The van der Waals surface area contributed by atoms with Gasteiger partial charge in [-0.15, -0.1) is 11.3 Å². The van der Waals surface area contributed by atoms with Gasteiger partial charge in [0.2, 0.25) is 15.9 Å². The average Bonchev–Trinajstić information content (AvgIpc) is 3.34. The Kier molecular flexibility index (Phi) is 8.80. The summed E-state index contributed by atoms with van der Waals surface area (Å²) < 4.78 is 32.5. The third-order valence-electron chi connectivity index (χ3n) is 6.92. The average molecular weight is 598 g/mol. The van der Waals surface area contributed by atoms with E-state index in [1.54, 1.807) is 0 Å². The molecule has 2 aromatic carbocycles. The summed E-state index contributed by atoms with van der Waals surface area (Å²) in [7, 11) is -3.69. The van der Waals surface area contributed by atoms with Gasteiger partial charge < -0.3 is 10.1 Å². The molecule has 0 unspecified atom stereocenters. The molecule has 0 spiro atoms. The van der Waals surface area contributed by atoms with Gasteiger partial charge in [0, 0.05) is 50.1 Å². The normalized spacial score (nSPS) is 16.0. The largest absolute Gasteiger partial charge is 0.379 e. The first-order valence-corrected chi connectivity index (χ1v) is 15.4. The molecule has 2 aliphatic heterocycles. The van der Waals surface area contributed by atoms with E-state index in [4.69, 9.17) is 4.74 Å². The Morgan fingerprint density at radius 3 is 2.32 bits per heavy atom. The number of fused-ring (bicyclic) bond motifs is 1. The van der Waals surface area contributed by atoms with Crippen molar-refractivity contribution in [2.75, 3.05) is 38.2 Å². The molecule has 2 aliphatic rings. The van der Waals surface area contributed by atoms with E-state index in [-0.39, 0.29) is 23.5 Å². The fourth-order valence-corrected chi connectivity index (χ4v) is 7.55. The number of rotatable bonds is 7. The number of hydrogen-bond donors (Lipinski definition) is 3. The Morgan fingerprint density at radius 1 is 0.927 bits per heavy atom. The molecule has 11 nitrogen and oxygen atoms in total. The van der Waals surface area contributed by atoms with Crippen LogP contribution in [0.1, 0.15) is 43.6 Å². The Hall–Kier alpha value is -3.62. The van der Waals surface area contributed by atoms with Crippen LogP contribution in [-0.2, 0) is 39.1 Å². The molecule has 0 saturated carbocycles. The number of nitrogens with zero attached hydrogens (tertiary/aromatic N) is 2. The number of carbonyl (C=O) groups excluding carboxylic acids is 3. The van der Waals surface area contributed by atoms with Crippen LogP contribution < -0.4 is 16.2 Å². The number of anilines is 1. The molecule has 3 heterocycles. The molecule has 1 aromatic heterocycles. The molecule has 13 heteroatoms. The molecule has 1 saturated heterocycles. The molecule has 3 amide bonds. The molecular weight excluding hydrogens is 566 g/mol. The number of nitrogens with one attached hydrogen (secondary N) is 3. The van der Waals surface area contributed by atoms with Crippen LogP contribution in [0.5, 0.6) is 0 Å². The molecule has 41 heavy (non-hydrogen) atoms. The molecule has 5 rings (SSSR count). The van der Waals surface area contributed by atoms with Crippen molar-refractivity contribution in [3.05, 3.63) is 81.7 Å². The molecule has 0 radical (unpaired) electrons. The predicted octanol–water partition coefficient (Wildman–Crippen LogP) is 2.36. The summed E-state index contributed by atoms with van der Waals surface area (Å²) in [5.41, 5.74) is 7.32. The second-order valence-corrected chi connectivity index (χ2v) is 12.8. The van der Waals surface area contributed by atoms with E-state index < -0.39 is 27.7 Å². The van der Waals surface area contributed by atoms with Gasteiger partial charge in [-0.25, -0.2) is 8.42 Å². The van der Waals surface area contributed by atoms with Gasteiger partial charge in [0.05, 0.1) is 23.7 Å². The Balaban J connectivity index is 1.36. The first-order valence-electron chi connectivity index (χ1n) is 13.2. The predicted molar refractivity (Wildman–Crippen MR) is 154 cm³/mol. The lowest BCUT2D eigenvalue weighted by molar-refractivity contribution is -0.119. The molecule has 216 valence electrons. The number of morpholine rings is 1. The summed E-state index contributed by atoms with van der Waals surface area (Å²) in [4.78, 5) is 41.1. The van der Waals surface area contributed by atoms with Crippen molar-refractivity contribution >= 4 is 44.1 Å². The van der Waals surface area contributed by atoms with Crippen LogP contribution in [-0.4, -0.2) is 68.2 Å². The number of hydrogen-bond acceptors (Lipinski definition) is 8. The van der Waals surface area contributed by atoms with E-state index in [9.17, 15) is 22.8 Å². The lowest BCUT2D eigenvalue weighted by Gasteiger charge is -2.27. The van der Waals surface area contributed by atoms with E-state index in [2.05, 4.69) is 33.2 Å². The van der Waals surface area contributed by atoms with E-state index in [1.165, 1.54) is 52.4 Å². The Morgan fingerprint density at radius 2 is 1.63 bits per heavy atom. The number of hydrazine groups is 1. The maximum atomic E-state index is 13.2. The highest BCUT2D eigenvalue weighted by Crippen LogP contribution is 2.38. The standard InChI is InChI=1S/C28H31N5O6S2/c1-19(34)30-31-27(36)25-23-11-12-32(17-20-5-3-2-4-6-20)18-24(23)40-28(25)29-26(35)21-7-9-22(10-8-21)41(37,38)33-13-15-39-16-14-33/h2-10H,11-18H2,1H3,(H,29,35)(H,30,34)(H,31,36). The zero-order chi connectivity index (χ0) is 29.0. The smallest absolute Gasteiger partial charge is 0.272 e. The van der Waals surface area contributed by atoms with E-state index in [0.29, 0.717) is 36.7 Å². The third kappa shape index (κ3) is 6.66. The van der Waals surface area contributed by atoms with Crippen LogP contribution in [0, 0.1) is 0 Å². The SMILES string of the molecule is CC(=O)NNC(=O)c1c(NC(=O)c2ccc(S(=O)(=O)N3CCOCC3)cc2)sc2c1CCN(Cc1ccccc1)C2. The summed E-state index contributed by atoms with van der Waals surface area (Å²) in [6.45, 7) is 4.62. The molecular formula is C28H31N5O6S2. The van der Waals surface area contributed by atoms with Gasteiger partial charge in [-0.3, -0.25) is 30.1 Å². The van der Waals surface area contributed by atoms with Crippen LogP contribution in [0.3, 0.4) is 0 Å². The van der Waals surface area contributed by atoms with Crippen LogP contribution >= 0.6 is 11.3 Å². The summed E-state index contributed by atoms with van der Waals surface area (Å²) in [5.74, 6) is -1.42. The number of sulfonamides is 1. The van der Waals surface area contributed by atoms with Crippen molar-refractivity contribution in [1.82, 2.24) is 20.1 Å². The second kappa shape index (κ2) is 12.5. The zero-order valence-corrected chi connectivity index (χ0v) is 24.1. The van der Waals surface area contributed by atoms with Crippen LogP contribution in [0.2, 0.25) is 0 Å². The van der Waals surface area contributed by atoms with Gasteiger partial charge in [-0.1, -0.05) is 30.3 Å². The first-order chi connectivity index (χ1) is 19.7. The van der Waals surface area contributed by atoms with Gasteiger partial charge in [0.15, 0.2) is 0 Å². The van der Waals surface area contributed by atoms with E-state index in [1.807, 2.05) is 18.2 Å². The highest BCUT2D eigenvalue weighted by Gasteiger charge is 2.30. The van der Waals surface area contributed by atoms with Crippen molar-refractivity contribution in [2.24, 2.45) is 0 Å². The van der Waals surface area contributed by atoms with Gasteiger partial charge in [0.1, 0.15) is 5.00 Å². The van der Waals surface area contributed by atoms with Gasteiger partial charge in [-0.05, 0) is 41.8 Å². The highest BCUT2D eigenvalue weighted by atomic mass is 32.2.